The average molecular weight is 414 g/mol. The van der Waals surface area contributed by atoms with E-state index in [1.54, 1.807) is 42.5 Å². The van der Waals surface area contributed by atoms with Crippen LogP contribution >= 0.6 is 11.6 Å². The average Bonchev–Trinajstić information content (AvgIpc) is 2.72. The SMILES string of the molecule is CCOc1ccccc1-n1ccn(CC(=O)NCc2ccccc2Cl)c(=O)c1=O. The number of hydrogen-bond acceptors (Lipinski definition) is 4. The monoisotopic (exact) mass is 413 g/mol. The van der Waals surface area contributed by atoms with E-state index in [0.717, 1.165) is 10.1 Å². The Morgan fingerprint density at radius 3 is 2.52 bits per heavy atom. The van der Waals surface area contributed by atoms with Crippen molar-refractivity contribution >= 4 is 17.5 Å². The molecule has 0 aliphatic heterocycles. The molecule has 2 aromatic carbocycles. The zero-order valence-electron chi connectivity index (χ0n) is 15.8. The molecular formula is C21H20ClN3O4. The molecule has 0 fully saturated rings. The molecular weight excluding hydrogens is 394 g/mol. The first-order valence-corrected chi connectivity index (χ1v) is 9.43. The minimum atomic E-state index is -0.799. The highest BCUT2D eigenvalue weighted by atomic mass is 35.5. The van der Waals surface area contributed by atoms with Crippen LogP contribution in [0.1, 0.15) is 12.5 Å². The molecule has 150 valence electrons. The summed E-state index contributed by atoms with van der Waals surface area (Å²) in [6.45, 7) is 2.21. The second-order valence-electron chi connectivity index (χ2n) is 6.18. The summed E-state index contributed by atoms with van der Waals surface area (Å²) in [4.78, 5) is 37.3. The molecule has 3 rings (SSSR count). The van der Waals surface area contributed by atoms with Crippen LogP contribution in [0.2, 0.25) is 5.02 Å². The van der Waals surface area contributed by atoms with Crippen molar-refractivity contribution in [3.8, 4) is 11.4 Å². The van der Waals surface area contributed by atoms with Gasteiger partial charge in [-0.3, -0.25) is 23.5 Å². The molecule has 1 amide bonds. The number of para-hydroxylation sites is 2. The summed E-state index contributed by atoms with van der Waals surface area (Å²) in [5.41, 5.74) is -0.338. The van der Waals surface area contributed by atoms with Crippen LogP contribution < -0.4 is 21.2 Å². The molecule has 0 bridgehead atoms. The number of aromatic nitrogens is 2. The lowest BCUT2D eigenvalue weighted by Crippen LogP contribution is -2.42. The summed E-state index contributed by atoms with van der Waals surface area (Å²) >= 11 is 6.06. The Hall–Kier alpha value is -3.32. The van der Waals surface area contributed by atoms with Gasteiger partial charge in [-0.15, -0.1) is 0 Å². The van der Waals surface area contributed by atoms with Gasteiger partial charge in [-0.25, -0.2) is 0 Å². The van der Waals surface area contributed by atoms with Crippen molar-refractivity contribution in [1.82, 2.24) is 14.5 Å². The minimum absolute atomic E-state index is 0.228. The highest BCUT2D eigenvalue weighted by Gasteiger charge is 2.13. The maximum absolute atomic E-state index is 12.6. The topological polar surface area (TPSA) is 82.3 Å². The van der Waals surface area contributed by atoms with Gasteiger partial charge in [0.2, 0.25) is 5.91 Å². The predicted octanol–water partition coefficient (Wildman–Crippen LogP) is 2.37. The van der Waals surface area contributed by atoms with E-state index in [2.05, 4.69) is 5.32 Å². The molecule has 1 heterocycles. The van der Waals surface area contributed by atoms with Gasteiger partial charge < -0.3 is 10.1 Å². The van der Waals surface area contributed by atoms with Crippen molar-refractivity contribution in [3.05, 3.63) is 92.2 Å². The Balaban J connectivity index is 1.78. The number of ether oxygens (including phenoxy) is 1. The van der Waals surface area contributed by atoms with Crippen molar-refractivity contribution in [2.75, 3.05) is 6.61 Å². The molecule has 0 aliphatic rings. The third kappa shape index (κ3) is 4.75. The zero-order valence-corrected chi connectivity index (χ0v) is 16.6. The number of amides is 1. The van der Waals surface area contributed by atoms with Gasteiger partial charge in [0.25, 0.3) is 0 Å². The van der Waals surface area contributed by atoms with E-state index in [1.165, 1.54) is 17.0 Å². The number of rotatable bonds is 7. The Labute approximate surface area is 172 Å². The van der Waals surface area contributed by atoms with Crippen LogP contribution in [0.25, 0.3) is 5.69 Å². The molecule has 3 aromatic rings. The van der Waals surface area contributed by atoms with E-state index in [4.69, 9.17) is 16.3 Å². The zero-order chi connectivity index (χ0) is 20.8. The largest absolute Gasteiger partial charge is 0.492 e. The molecule has 29 heavy (non-hydrogen) atoms. The highest BCUT2D eigenvalue weighted by molar-refractivity contribution is 6.31. The Kier molecular flexibility index (Phi) is 6.51. The molecule has 0 aliphatic carbocycles. The predicted molar refractivity (Wildman–Crippen MR) is 111 cm³/mol. The first-order valence-electron chi connectivity index (χ1n) is 9.05. The summed E-state index contributed by atoms with van der Waals surface area (Å²) in [6.07, 6.45) is 2.85. The standard InChI is InChI=1S/C21H20ClN3O4/c1-2-29-18-10-6-5-9-17(18)25-12-11-24(20(27)21(25)28)14-19(26)23-13-15-7-3-4-8-16(15)22/h3-12H,2,13-14H2,1H3,(H,23,26). The van der Waals surface area contributed by atoms with E-state index in [9.17, 15) is 14.4 Å². The molecule has 0 atom stereocenters. The van der Waals surface area contributed by atoms with Crippen molar-refractivity contribution in [1.29, 1.82) is 0 Å². The van der Waals surface area contributed by atoms with Gasteiger partial charge in [-0.05, 0) is 30.7 Å². The minimum Gasteiger partial charge on any atom is -0.492 e. The van der Waals surface area contributed by atoms with Crippen LogP contribution in [0, 0.1) is 0 Å². The van der Waals surface area contributed by atoms with Crippen LogP contribution in [0.5, 0.6) is 5.75 Å². The Morgan fingerprint density at radius 2 is 1.76 bits per heavy atom. The van der Waals surface area contributed by atoms with Crippen molar-refractivity contribution in [3.63, 3.8) is 0 Å². The van der Waals surface area contributed by atoms with Gasteiger partial charge in [0.05, 0.1) is 12.3 Å². The summed E-state index contributed by atoms with van der Waals surface area (Å²) in [5, 5.41) is 3.24. The van der Waals surface area contributed by atoms with E-state index in [-0.39, 0.29) is 13.1 Å². The van der Waals surface area contributed by atoms with Crippen molar-refractivity contribution in [2.45, 2.75) is 20.0 Å². The first-order chi connectivity index (χ1) is 14.0. The van der Waals surface area contributed by atoms with E-state index in [0.29, 0.717) is 23.1 Å². The van der Waals surface area contributed by atoms with Crippen LogP contribution in [0.4, 0.5) is 0 Å². The van der Waals surface area contributed by atoms with Crippen LogP contribution in [-0.4, -0.2) is 21.6 Å². The summed E-state index contributed by atoms with van der Waals surface area (Å²) < 4.78 is 7.81. The third-order valence-corrected chi connectivity index (χ3v) is 4.60. The van der Waals surface area contributed by atoms with Gasteiger partial charge in [-0.1, -0.05) is 41.9 Å². The maximum Gasteiger partial charge on any atom is 0.321 e. The number of nitrogens with one attached hydrogen (secondary N) is 1. The first kappa shape index (κ1) is 20.4. The molecule has 0 saturated carbocycles. The summed E-state index contributed by atoms with van der Waals surface area (Å²) in [6, 6.07) is 14.1. The smallest absolute Gasteiger partial charge is 0.321 e. The number of carbonyl (C=O) groups is 1. The van der Waals surface area contributed by atoms with Crippen LogP contribution in [-0.2, 0) is 17.9 Å². The number of halogens is 1. The maximum atomic E-state index is 12.6. The van der Waals surface area contributed by atoms with Crippen LogP contribution in [0.15, 0.2) is 70.5 Å². The van der Waals surface area contributed by atoms with Crippen molar-refractivity contribution in [2.24, 2.45) is 0 Å². The molecule has 0 radical (unpaired) electrons. The molecule has 0 unspecified atom stereocenters. The molecule has 1 N–H and O–H groups in total. The Morgan fingerprint density at radius 1 is 1.03 bits per heavy atom. The fourth-order valence-electron chi connectivity index (χ4n) is 2.80. The molecule has 7 nitrogen and oxygen atoms in total. The fraction of sp³-hybridized carbons (Fsp3) is 0.190. The third-order valence-electron chi connectivity index (χ3n) is 4.23. The second kappa shape index (κ2) is 9.25. The second-order valence-corrected chi connectivity index (χ2v) is 6.58. The van der Waals surface area contributed by atoms with Gasteiger partial charge >= 0.3 is 11.1 Å². The van der Waals surface area contributed by atoms with Gasteiger partial charge in [0, 0.05) is 24.0 Å². The van der Waals surface area contributed by atoms with Gasteiger partial charge in [0.15, 0.2) is 0 Å². The molecule has 8 heteroatoms. The Bertz CT molecular complexity index is 1140. The van der Waals surface area contributed by atoms with E-state index in [1.807, 2.05) is 13.0 Å². The lowest BCUT2D eigenvalue weighted by Gasteiger charge is -2.13. The highest BCUT2D eigenvalue weighted by Crippen LogP contribution is 2.20. The lowest BCUT2D eigenvalue weighted by atomic mass is 10.2. The summed E-state index contributed by atoms with van der Waals surface area (Å²) in [5.74, 6) is 0.0885. The summed E-state index contributed by atoms with van der Waals surface area (Å²) in [7, 11) is 0. The van der Waals surface area contributed by atoms with Gasteiger partial charge in [0.1, 0.15) is 12.3 Å². The number of carbonyl (C=O) groups excluding carboxylic acids is 1. The lowest BCUT2D eigenvalue weighted by molar-refractivity contribution is -0.121. The fourth-order valence-corrected chi connectivity index (χ4v) is 3.01. The number of benzene rings is 2. The van der Waals surface area contributed by atoms with E-state index < -0.39 is 17.0 Å². The molecule has 0 spiro atoms. The quantitative estimate of drug-likeness (QED) is 0.603. The molecule has 0 saturated heterocycles. The van der Waals surface area contributed by atoms with Crippen LogP contribution in [0.3, 0.4) is 0 Å². The molecule has 1 aromatic heterocycles. The number of nitrogens with zero attached hydrogens (tertiary/aromatic N) is 2. The van der Waals surface area contributed by atoms with E-state index >= 15 is 0 Å². The van der Waals surface area contributed by atoms with Gasteiger partial charge in [-0.2, -0.15) is 0 Å². The number of hydrogen-bond donors (Lipinski definition) is 1. The van der Waals surface area contributed by atoms with Crippen molar-refractivity contribution < 1.29 is 9.53 Å². The normalized spacial score (nSPS) is 10.6.